The molecule has 1 saturated heterocycles. The quantitative estimate of drug-likeness (QED) is 0.878. The van der Waals surface area contributed by atoms with Crippen LogP contribution in [-0.4, -0.2) is 24.7 Å². The van der Waals surface area contributed by atoms with Crippen molar-refractivity contribution in [1.29, 1.82) is 0 Å². The van der Waals surface area contributed by atoms with Crippen molar-refractivity contribution >= 4 is 12.1 Å². The van der Waals surface area contributed by atoms with Gasteiger partial charge >= 0.3 is 12.1 Å². The first-order chi connectivity index (χ1) is 11.7. The van der Waals surface area contributed by atoms with E-state index in [9.17, 15) is 9.59 Å². The van der Waals surface area contributed by atoms with Crippen LogP contribution in [0.3, 0.4) is 0 Å². The molecule has 0 unspecified atom stereocenters. The Balaban J connectivity index is 2.09. The lowest BCUT2D eigenvalue weighted by Crippen LogP contribution is -2.48. The molecule has 2 aromatic carbocycles. The van der Waals surface area contributed by atoms with Crippen LogP contribution in [0.25, 0.3) is 0 Å². The van der Waals surface area contributed by atoms with E-state index in [1.807, 2.05) is 60.7 Å². The molecule has 0 saturated carbocycles. The number of ether oxygens (including phenoxy) is 2. The van der Waals surface area contributed by atoms with Crippen molar-refractivity contribution in [3.8, 4) is 0 Å². The molecule has 1 aliphatic rings. The van der Waals surface area contributed by atoms with E-state index < -0.39 is 17.7 Å². The van der Waals surface area contributed by atoms with Crippen LogP contribution >= 0.6 is 0 Å². The van der Waals surface area contributed by atoms with Gasteiger partial charge in [-0.15, -0.1) is 0 Å². The van der Waals surface area contributed by atoms with Gasteiger partial charge in [-0.3, -0.25) is 4.79 Å². The number of benzene rings is 2. The molecule has 0 radical (unpaired) electrons. The molecular weight excluding hydrogens is 306 g/mol. The highest BCUT2D eigenvalue weighted by Crippen LogP contribution is 2.43. The molecule has 5 heteroatoms. The summed E-state index contributed by atoms with van der Waals surface area (Å²) in [5.41, 5.74) is 0.555. The maximum Gasteiger partial charge on any atom is 0.407 e. The van der Waals surface area contributed by atoms with E-state index in [0.717, 1.165) is 11.1 Å². The van der Waals surface area contributed by atoms with Gasteiger partial charge in [-0.1, -0.05) is 60.7 Å². The minimum Gasteiger partial charge on any atom is -0.450 e. The standard InChI is InChI=1S/C19H19NO4/c1-2-23-18(22)20-16-13-17(21)24-19(16,14-9-5-3-6-10-14)15-11-7-4-8-12-15/h3-12,16H,2,13H2,1H3,(H,20,22)/t16-/m0/s1. The Morgan fingerprint density at radius 1 is 1.12 bits per heavy atom. The highest BCUT2D eigenvalue weighted by Gasteiger charge is 2.52. The van der Waals surface area contributed by atoms with E-state index in [4.69, 9.17) is 9.47 Å². The van der Waals surface area contributed by atoms with Gasteiger partial charge in [0.05, 0.1) is 19.1 Å². The second-order valence-corrected chi connectivity index (χ2v) is 5.56. The first-order valence-electron chi connectivity index (χ1n) is 7.93. The van der Waals surface area contributed by atoms with Crippen molar-refractivity contribution in [2.45, 2.75) is 25.0 Å². The zero-order valence-corrected chi connectivity index (χ0v) is 13.4. The number of cyclic esters (lactones) is 1. The number of carbonyl (C=O) groups is 2. The summed E-state index contributed by atoms with van der Waals surface area (Å²) in [5.74, 6) is -0.357. The molecule has 3 rings (SSSR count). The van der Waals surface area contributed by atoms with Crippen LogP contribution in [0.4, 0.5) is 4.79 Å². The zero-order chi connectivity index (χ0) is 17.0. The van der Waals surface area contributed by atoms with Crippen molar-refractivity contribution in [2.75, 3.05) is 6.61 Å². The lowest BCUT2D eigenvalue weighted by Gasteiger charge is -2.34. The molecule has 1 atom stereocenters. The Labute approximate surface area is 140 Å². The van der Waals surface area contributed by atoms with Crippen LogP contribution in [0.2, 0.25) is 0 Å². The topological polar surface area (TPSA) is 64.6 Å². The molecule has 1 amide bonds. The number of hydrogen-bond acceptors (Lipinski definition) is 4. The monoisotopic (exact) mass is 325 g/mol. The summed E-state index contributed by atoms with van der Waals surface area (Å²) < 4.78 is 10.8. The molecule has 5 nitrogen and oxygen atoms in total. The van der Waals surface area contributed by atoms with Gasteiger partial charge in [0.2, 0.25) is 0 Å². The summed E-state index contributed by atoms with van der Waals surface area (Å²) >= 11 is 0. The second kappa shape index (κ2) is 6.74. The fourth-order valence-electron chi connectivity index (χ4n) is 3.13. The average molecular weight is 325 g/mol. The van der Waals surface area contributed by atoms with Crippen LogP contribution in [0.5, 0.6) is 0 Å². The molecule has 0 aliphatic carbocycles. The van der Waals surface area contributed by atoms with Gasteiger partial charge in [0.25, 0.3) is 0 Å². The lowest BCUT2D eigenvalue weighted by molar-refractivity contribution is -0.146. The Hall–Kier alpha value is -2.82. The van der Waals surface area contributed by atoms with E-state index in [0.29, 0.717) is 0 Å². The number of amides is 1. The highest BCUT2D eigenvalue weighted by molar-refractivity contribution is 5.78. The Kier molecular flexibility index (Phi) is 4.51. The summed E-state index contributed by atoms with van der Waals surface area (Å²) in [6.45, 7) is 1.99. The van der Waals surface area contributed by atoms with Crippen molar-refractivity contribution in [2.24, 2.45) is 0 Å². The number of rotatable bonds is 4. The van der Waals surface area contributed by atoms with Crippen LogP contribution in [-0.2, 0) is 19.9 Å². The summed E-state index contributed by atoms with van der Waals surface area (Å²) in [7, 11) is 0. The smallest absolute Gasteiger partial charge is 0.407 e. The fraction of sp³-hybridized carbons (Fsp3) is 0.263. The molecule has 124 valence electrons. The molecule has 0 bridgehead atoms. The molecule has 2 aromatic rings. The number of esters is 1. The first-order valence-corrected chi connectivity index (χ1v) is 7.93. The molecule has 1 N–H and O–H groups in total. The third kappa shape index (κ3) is 2.85. The Morgan fingerprint density at radius 3 is 2.17 bits per heavy atom. The van der Waals surface area contributed by atoms with Crippen LogP contribution < -0.4 is 5.32 Å². The summed E-state index contributed by atoms with van der Waals surface area (Å²) in [6.07, 6.45) is -0.472. The van der Waals surface area contributed by atoms with Crippen molar-refractivity contribution < 1.29 is 19.1 Å². The van der Waals surface area contributed by atoms with Gasteiger partial charge < -0.3 is 14.8 Å². The number of carbonyl (C=O) groups excluding carboxylic acids is 2. The van der Waals surface area contributed by atoms with E-state index in [1.165, 1.54) is 0 Å². The Bertz CT molecular complexity index is 675. The minimum absolute atomic E-state index is 0.0859. The molecule has 0 spiro atoms. The third-order valence-corrected chi connectivity index (χ3v) is 4.11. The van der Waals surface area contributed by atoms with Gasteiger partial charge in [-0.05, 0) is 6.92 Å². The van der Waals surface area contributed by atoms with E-state index in [1.54, 1.807) is 6.92 Å². The predicted molar refractivity (Wildman–Crippen MR) is 88.3 cm³/mol. The van der Waals surface area contributed by atoms with E-state index in [2.05, 4.69) is 5.32 Å². The van der Waals surface area contributed by atoms with E-state index >= 15 is 0 Å². The van der Waals surface area contributed by atoms with E-state index in [-0.39, 0.29) is 19.0 Å². The normalized spacial score (nSPS) is 18.7. The number of nitrogens with one attached hydrogen (secondary N) is 1. The molecule has 1 heterocycles. The maximum absolute atomic E-state index is 12.1. The lowest BCUT2D eigenvalue weighted by atomic mass is 9.80. The van der Waals surface area contributed by atoms with Crippen molar-refractivity contribution in [3.63, 3.8) is 0 Å². The minimum atomic E-state index is -1.06. The summed E-state index contributed by atoms with van der Waals surface area (Å²) in [6, 6.07) is 18.4. The molecular formula is C19H19NO4. The van der Waals surface area contributed by atoms with Gasteiger partial charge in [-0.25, -0.2) is 4.79 Å². The van der Waals surface area contributed by atoms with Gasteiger partial charge in [0.1, 0.15) is 0 Å². The van der Waals surface area contributed by atoms with Crippen molar-refractivity contribution in [1.82, 2.24) is 5.32 Å². The third-order valence-electron chi connectivity index (χ3n) is 4.11. The second-order valence-electron chi connectivity index (χ2n) is 5.56. The fourth-order valence-corrected chi connectivity index (χ4v) is 3.13. The molecule has 0 aromatic heterocycles. The maximum atomic E-state index is 12.1. The van der Waals surface area contributed by atoms with Gasteiger partial charge in [-0.2, -0.15) is 0 Å². The SMILES string of the molecule is CCOC(=O)N[C@H]1CC(=O)OC1(c1ccccc1)c1ccccc1. The largest absolute Gasteiger partial charge is 0.450 e. The van der Waals surface area contributed by atoms with Crippen LogP contribution in [0.15, 0.2) is 60.7 Å². The molecule has 24 heavy (non-hydrogen) atoms. The zero-order valence-electron chi connectivity index (χ0n) is 13.4. The van der Waals surface area contributed by atoms with Crippen LogP contribution in [0, 0.1) is 0 Å². The van der Waals surface area contributed by atoms with Gasteiger partial charge in [0.15, 0.2) is 5.60 Å². The number of alkyl carbamates (subject to hydrolysis) is 1. The first kappa shape index (κ1) is 16.1. The summed E-state index contributed by atoms with van der Waals surface area (Å²) in [4.78, 5) is 24.1. The molecule has 1 aliphatic heterocycles. The highest BCUT2D eigenvalue weighted by atomic mass is 16.6. The van der Waals surface area contributed by atoms with Gasteiger partial charge in [0, 0.05) is 11.1 Å². The predicted octanol–water partition coefficient (Wildman–Crippen LogP) is 2.99. The van der Waals surface area contributed by atoms with Crippen molar-refractivity contribution in [3.05, 3.63) is 71.8 Å². The summed E-state index contributed by atoms with van der Waals surface area (Å²) in [5, 5.41) is 2.79. The van der Waals surface area contributed by atoms with Crippen LogP contribution in [0.1, 0.15) is 24.5 Å². The number of hydrogen-bond donors (Lipinski definition) is 1. The Morgan fingerprint density at radius 2 is 1.67 bits per heavy atom. The average Bonchev–Trinajstić information content (AvgIpc) is 2.93. The molecule has 1 fully saturated rings.